The molecule has 1 aromatic rings. The number of halogens is 2. The van der Waals surface area contributed by atoms with Crippen molar-refractivity contribution in [2.24, 2.45) is 4.99 Å². The number of carbonyl (C=O) groups excluding carboxylic acids is 1. The highest BCUT2D eigenvalue weighted by atomic mass is 35.5. The molecule has 1 heterocycles. The van der Waals surface area contributed by atoms with Crippen molar-refractivity contribution in [3.63, 3.8) is 0 Å². The van der Waals surface area contributed by atoms with E-state index in [1.807, 2.05) is 6.92 Å². The van der Waals surface area contributed by atoms with Crippen molar-refractivity contribution in [1.82, 2.24) is 0 Å². The number of nitrogens with zero attached hydrogens (tertiary/aromatic N) is 1. The first-order valence-electron chi connectivity index (χ1n) is 6.00. The average molecular weight is 317 g/mol. The lowest BCUT2D eigenvalue weighted by atomic mass is 10.2. The number of hydrogen-bond donors (Lipinski definition) is 1. The fraction of sp³-hybridized carbons (Fsp3) is 0.385. The maximum Gasteiger partial charge on any atom is 0.334 e. The van der Waals surface area contributed by atoms with Gasteiger partial charge in [-0.2, -0.15) is 0 Å². The zero-order chi connectivity index (χ0) is 14.7. The Bertz CT molecular complexity index is 528. The topological polar surface area (TPSA) is 59.9 Å². The molecule has 0 aliphatic carbocycles. The number of esters is 1. The molecule has 1 aliphatic heterocycles. The summed E-state index contributed by atoms with van der Waals surface area (Å²) in [6.07, 6.45) is 0. The summed E-state index contributed by atoms with van der Waals surface area (Å²) in [6.45, 7) is 2.07. The van der Waals surface area contributed by atoms with Crippen molar-refractivity contribution in [3.05, 3.63) is 28.2 Å². The van der Waals surface area contributed by atoms with E-state index >= 15 is 0 Å². The molecule has 0 fully saturated rings. The molecule has 1 aromatic carbocycles. The van der Waals surface area contributed by atoms with Crippen LogP contribution >= 0.6 is 23.2 Å². The quantitative estimate of drug-likeness (QED) is 0.868. The van der Waals surface area contributed by atoms with E-state index in [1.165, 1.54) is 7.11 Å². The van der Waals surface area contributed by atoms with E-state index in [2.05, 4.69) is 15.0 Å². The van der Waals surface area contributed by atoms with Crippen LogP contribution in [0, 0.1) is 0 Å². The van der Waals surface area contributed by atoms with Gasteiger partial charge in [-0.3, -0.25) is 0 Å². The molecule has 2 unspecified atom stereocenters. The molecule has 0 spiro atoms. The van der Waals surface area contributed by atoms with Crippen molar-refractivity contribution < 1.29 is 14.3 Å². The van der Waals surface area contributed by atoms with Crippen LogP contribution in [0.25, 0.3) is 0 Å². The number of carbonyl (C=O) groups is 1. The second-order valence-corrected chi connectivity index (χ2v) is 5.21. The van der Waals surface area contributed by atoms with Gasteiger partial charge in [0.25, 0.3) is 0 Å². The summed E-state index contributed by atoms with van der Waals surface area (Å²) < 4.78 is 10.0. The minimum absolute atomic E-state index is 0.199. The molecule has 0 bridgehead atoms. The Labute approximate surface area is 126 Å². The van der Waals surface area contributed by atoms with Crippen molar-refractivity contribution in [3.8, 4) is 0 Å². The molecule has 0 amide bonds. The molecule has 1 N–H and O–H groups in total. The van der Waals surface area contributed by atoms with Crippen LogP contribution in [0.2, 0.25) is 10.0 Å². The van der Waals surface area contributed by atoms with Crippen LogP contribution in [0.5, 0.6) is 0 Å². The maximum atomic E-state index is 11.4. The lowest BCUT2D eigenvalue weighted by Crippen LogP contribution is -2.26. The third kappa shape index (κ3) is 3.55. The van der Waals surface area contributed by atoms with E-state index in [0.717, 1.165) is 5.69 Å². The molecule has 2 atom stereocenters. The Morgan fingerprint density at radius 1 is 1.45 bits per heavy atom. The van der Waals surface area contributed by atoms with Gasteiger partial charge in [0, 0.05) is 15.7 Å². The Balaban J connectivity index is 2.05. The standard InChI is InChI=1S/C13H14Cl2N2O3/c1-7(12-17-11(6-20-12)13(18)19-2)16-10-4-8(14)3-9(15)5-10/h3-5,7,11,16H,6H2,1-2H3. The summed E-state index contributed by atoms with van der Waals surface area (Å²) in [5.74, 6) is 0.0505. The van der Waals surface area contributed by atoms with Gasteiger partial charge in [0.1, 0.15) is 6.61 Å². The van der Waals surface area contributed by atoms with E-state index in [1.54, 1.807) is 18.2 Å². The number of aliphatic imine (C=N–C) groups is 1. The summed E-state index contributed by atoms with van der Waals surface area (Å²) in [4.78, 5) is 15.6. The largest absolute Gasteiger partial charge is 0.477 e. The van der Waals surface area contributed by atoms with Crippen LogP contribution in [-0.2, 0) is 14.3 Å². The third-order valence-electron chi connectivity index (χ3n) is 2.76. The first-order valence-corrected chi connectivity index (χ1v) is 6.76. The monoisotopic (exact) mass is 316 g/mol. The molecule has 0 radical (unpaired) electrons. The van der Waals surface area contributed by atoms with Gasteiger partial charge < -0.3 is 14.8 Å². The van der Waals surface area contributed by atoms with Crippen LogP contribution in [0.1, 0.15) is 6.92 Å². The second kappa shape index (κ2) is 6.33. The van der Waals surface area contributed by atoms with Gasteiger partial charge in [-0.1, -0.05) is 23.2 Å². The number of anilines is 1. The van der Waals surface area contributed by atoms with E-state index < -0.39 is 12.0 Å². The summed E-state index contributed by atoms with van der Waals surface area (Å²) in [6, 6.07) is 4.34. The average Bonchev–Trinajstić information content (AvgIpc) is 2.86. The van der Waals surface area contributed by atoms with Crippen molar-refractivity contribution in [2.45, 2.75) is 19.0 Å². The molecular weight excluding hydrogens is 303 g/mol. The van der Waals surface area contributed by atoms with E-state index in [4.69, 9.17) is 27.9 Å². The molecule has 2 rings (SSSR count). The number of methoxy groups -OCH3 is 1. The lowest BCUT2D eigenvalue weighted by Gasteiger charge is -2.15. The Morgan fingerprint density at radius 3 is 2.70 bits per heavy atom. The van der Waals surface area contributed by atoms with Crippen molar-refractivity contribution >= 4 is 40.8 Å². The van der Waals surface area contributed by atoms with Crippen LogP contribution in [0.4, 0.5) is 5.69 Å². The number of ether oxygens (including phenoxy) is 2. The van der Waals surface area contributed by atoms with Gasteiger partial charge in [-0.25, -0.2) is 9.79 Å². The van der Waals surface area contributed by atoms with Gasteiger partial charge in [-0.05, 0) is 25.1 Å². The van der Waals surface area contributed by atoms with Gasteiger partial charge in [0.05, 0.1) is 13.2 Å². The van der Waals surface area contributed by atoms with Crippen LogP contribution in [-0.4, -0.2) is 37.7 Å². The molecule has 0 saturated carbocycles. The molecule has 0 aromatic heterocycles. The summed E-state index contributed by atoms with van der Waals surface area (Å²) in [7, 11) is 1.32. The Hall–Kier alpha value is -1.46. The predicted octanol–water partition coefficient (Wildman–Crippen LogP) is 2.76. The minimum Gasteiger partial charge on any atom is -0.477 e. The van der Waals surface area contributed by atoms with Crippen LogP contribution in [0.3, 0.4) is 0 Å². The lowest BCUT2D eigenvalue weighted by molar-refractivity contribution is -0.142. The summed E-state index contributed by atoms with van der Waals surface area (Å²) >= 11 is 11.9. The van der Waals surface area contributed by atoms with Crippen LogP contribution in [0.15, 0.2) is 23.2 Å². The normalized spacial score (nSPS) is 19.0. The maximum absolute atomic E-state index is 11.4. The Kier molecular flexibility index (Phi) is 4.73. The molecule has 1 aliphatic rings. The highest BCUT2D eigenvalue weighted by molar-refractivity contribution is 6.35. The summed E-state index contributed by atoms with van der Waals surface area (Å²) in [5, 5.41) is 4.24. The van der Waals surface area contributed by atoms with Gasteiger partial charge in [-0.15, -0.1) is 0 Å². The second-order valence-electron chi connectivity index (χ2n) is 4.34. The smallest absolute Gasteiger partial charge is 0.334 e. The molecule has 0 saturated heterocycles. The first kappa shape index (κ1) is 14.9. The van der Waals surface area contributed by atoms with E-state index in [0.29, 0.717) is 15.9 Å². The molecular formula is C13H14Cl2N2O3. The molecule has 20 heavy (non-hydrogen) atoms. The molecule has 5 nitrogen and oxygen atoms in total. The van der Waals surface area contributed by atoms with Gasteiger partial charge in [0.2, 0.25) is 5.90 Å². The first-order chi connectivity index (χ1) is 9.49. The third-order valence-corrected chi connectivity index (χ3v) is 3.20. The highest BCUT2D eigenvalue weighted by Gasteiger charge is 2.29. The zero-order valence-corrected chi connectivity index (χ0v) is 12.5. The number of hydrogen-bond acceptors (Lipinski definition) is 5. The Morgan fingerprint density at radius 2 is 2.10 bits per heavy atom. The zero-order valence-electron chi connectivity index (χ0n) is 11.0. The highest BCUT2D eigenvalue weighted by Crippen LogP contribution is 2.23. The number of nitrogens with one attached hydrogen (secondary N) is 1. The van der Waals surface area contributed by atoms with Gasteiger partial charge in [0.15, 0.2) is 6.04 Å². The van der Waals surface area contributed by atoms with Gasteiger partial charge >= 0.3 is 5.97 Å². The number of rotatable bonds is 4. The predicted molar refractivity (Wildman–Crippen MR) is 78.7 cm³/mol. The van der Waals surface area contributed by atoms with Crippen molar-refractivity contribution in [1.29, 1.82) is 0 Å². The fourth-order valence-corrected chi connectivity index (χ4v) is 2.36. The molecule has 7 heteroatoms. The number of benzene rings is 1. The minimum atomic E-state index is -0.595. The van der Waals surface area contributed by atoms with Crippen molar-refractivity contribution in [2.75, 3.05) is 19.0 Å². The fourth-order valence-electron chi connectivity index (χ4n) is 1.83. The van der Waals surface area contributed by atoms with E-state index in [-0.39, 0.29) is 12.6 Å². The van der Waals surface area contributed by atoms with E-state index in [9.17, 15) is 4.79 Å². The summed E-state index contributed by atoms with van der Waals surface area (Å²) in [5.41, 5.74) is 0.753. The van der Waals surface area contributed by atoms with Crippen LogP contribution < -0.4 is 5.32 Å². The SMILES string of the molecule is COC(=O)C1COC(C(C)Nc2cc(Cl)cc(Cl)c2)=N1. The molecule has 108 valence electrons.